The van der Waals surface area contributed by atoms with E-state index in [1.807, 2.05) is 13.0 Å². The maximum atomic E-state index is 11.7. The van der Waals surface area contributed by atoms with Gasteiger partial charge in [-0.2, -0.15) is 0 Å². The number of anilines is 2. The van der Waals surface area contributed by atoms with Gasteiger partial charge >= 0.3 is 0 Å². The molecule has 1 aromatic carbocycles. The van der Waals surface area contributed by atoms with E-state index in [2.05, 4.69) is 26.8 Å². The van der Waals surface area contributed by atoms with Crippen LogP contribution in [0.3, 0.4) is 0 Å². The lowest BCUT2D eigenvalue weighted by molar-refractivity contribution is 0.602. The summed E-state index contributed by atoms with van der Waals surface area (Å²) in [5.41, 5.74) is 15.7. The highest BCUT2D eigenvalue weighted by molar-refractivity contribution is 7.90. The third-order valence-corrected chi connectivity index (χ3v) is 5.44. The number of benzene rings is 1. The Kier molecular flexibility index (Phi) is 5.52. The number of pyridine rings is 1. The van der Waals surface area contributed by atoms with Gasteiger partial charge in [-0.15, -0.1) is 0 Å². The third-order valence-electron chi connectivity index (χ3n) is 4.32. The van der Waals surface area contributed by atoms with Crippen molar-refractivity contribution in [3.63, 3.8) is 0 Å². The summed E-state index contributed by atoms with van der Waals surface area (Å²) in [4.78, 5) is 13.1. The Labute approximate surface area is 170 Å². The third kappa shape index (κ3) is 4.52. The number of sulfone groups is 1. The van der Waals surface area contributed by atoms with Crippen molar-refractivity contribution in [1.29, 1.82) is 0 Å². The van der Waals surface area contributed by atoms with Crippen LogP contribution in [0.2, 0.25) is 0 Å². The normalized spacial score (nSPS) is 11.0. The van der Waals surface area contributed by atoms with E-state index in [1.54, 1.807) is 25.1 Å². The lowest BCUT2D eigenvalue weighted by atomic mass is 10.0. The van der Waals surface area contributed by atoms with Crippen LogP contribution in [0.4, 0.5) is 11.8 Å². The quantitative estimate of drug-likeness (QED) is 0.639. The molecule has 3 aromatic rings. The molecule has 0 aliphatic rings. The number of nitrogens with two attached hydrogens (primary N) is 2. The van der Waals surface area contributed by atoms with Crippen molar-refractivity contribution in [1.82, 2.24) is 15.0 Å². The molecule has 0 saturated carbocycles. The van der Waals surface area contributed by atoms with E-state index in [0.717, 1.165) is 17.5 Å². The topological polar surface area (TPSA) is 125 Å². The zero-order chi connectivity index (χ0) is 21.2. The minimum absolute atomic E-state index is 0.124. The highest BCUT2D eigenvalue weighted by Crippen LogP contribution is 2.25. The van der Waals surface area contributed by atoms with Crippen molar-refractivity contribution >= 4 is 21.6 Å². The Hall–Kier alpha value is -3.44. The van der Waals surface area contributed by atoms with Gasteiger partial charge < -0.3 is 11.5 Å². The zero-order valence-corrected chi connectivity index (χ0v) is 17.2. The molecular formula is C21H21N5O2S. The first-order chi connectivity index (χ1) is 13.7. The summed E-state index contributed by atoms with van der Waals surface area (Å²) < 4.78 is 23.4. The second-order valence-corrected chi connectivity index (χ2v) is 8.54. The summed E-state index contributed by atoms with van der Waals surface area (Å²) in [6.45, 7) is 3.79. The summed E-state index contributed by atoms with van der Waals surface area (Å²) in [6.07, 6.45) is 1.86. The predicted molar refractivity (Wildman–Crippen MR) is 114 cm³/mol. The SMILES string of the molecule is CCc1nc(N)ccc1C#Cc1c(C)nc(N)nc1-c1ccc(S(C)(=O)=O)cc1. The average molecular weight is 407 g/mol. The fourth-order valence-corrected chi connectivity index (χ4v) is 3.47. The standard InChI is InChI=1S/C21H21N5O2S/c1-4-18-14(8-12-19(22)25-18)7-11-17-13(2)24-21(23)26-20(17)15-5-9-16(10-6-15)29(3,27)28/h5-6,8-10,12H,4H2,1-3H3,(H2,22,25)(H2,23,24,26). The first-order valence-electron chi connectivity index (χ1n) is 8.91. The monoisotopic (exact) mass is 407 g/mol. The molecule has 0 saturated heterocycles. The minimum atomic E-state index is -3.29. The summed E-state index contributed by atoms with van der Waals surface area (Å²) in [5, 5.41) is 0. The van der Waals surface area contributed by atoms with E-state index >= 15 is 0 Å². The molecular weight excluding hydrogens is 386 g/mol. The van der Waals surface area contributed by atoms with Gasteiger partial charge in [-0.3, -0.25) is 0 Å². The average Bonchev–Trinajstić information content (AvgIpc) is 2.67. The molecule has 0 fully saturated rings. The van der Waals surface area contributed by atoms with Crippen LogP contribution >= 0.6 is 0 Å². The number of nitrogen functional groups attached to an aromatic ring is 2. The van der Waals surface area contributed by atoms with E-state index in [4.69, 9.17) is 11.5 Å². The molecule has 0 unspecified atom stereocenters. The number of hydrogen-bond donors (Lipinski definition) is 2. The fraction of sp³-hybridized carbons (Fsp3) is 0.190. The van der Waals surface area contributed by atoms with E-state index in [9.17, 15) is 8.42 Å². The number of hydrogen-bond acceptors (Lipinski definition) is 7. The van der Waals surface area contributed by atoms with Crippen LogP contribution in [-0.2, 0) is 16.3 Å². The van der Waals surface area contributed by atoms with E-state index < -0.39 is 9.84 Å². The number of aryl methyl sites for hydroxylation is 2. The van der Waals surface area contributed by atoms with Crippen molar-refractivity contribution in [2.45, 2.75) is 25.2 Å². The minimum Gasteiger partial charge on any atom is -0.384 e. The van der Waals surface area contributed by atoms with Crippen molar-refractivity contribution in [3.05, 3.63) is 58.9 Å². The van der Waals surface area contributed by atoms with Crippen molar-refractivity contribution in [3.8, 4) is 23.1 Å². The molecule has 0 atom stereocenters. The van der Waals surface area contributed by atoms with Crippen LogP contribution in [-0.4, -0.2) is 29.6 Å². The molecule has 8 heteroatoms. The van der Waals surface area contributed by atoms with Crippen LogP contribution in [0, 0.1) is 18.8 Å². The smallest absolute Gasteiger partial charge is 0.220 e. The van der Waals surface area contributed by atoms with Crippen LogP contribution in [0.1, 0.15) is 29.4 Å². The Morgan fingerprint density at radius 1 is 0.966 bits per heavy atom. The molecule has 0 spiro atoms. The highest BCUT2D eigenvalue weighted by Gasteiger charge is 2.13. The number of nitrogens with zero attached hydrogens (tertiary/aromatic N) is 3. The molecule has 29 heavy (non-hydrogen) atoms. The van der Waals surface area contributed by atoms with E-state index in [1.165, 1.54) is 12.1 Å². The lowest BCUT2D eigenvalue weighted by Crippen LogP contribution is -2.03. The molecule has 0 radical (unpaired) electrons. The second-order valence-electron chi connectivity index (χ2n) is 6.52. The van der Waals surface area contributed by atoms with E-state index in [0.29, 0.717) is 34.8 Å². The van der Waals surface area contributed by atoms with Gasteiger partial charge in [0.25, 0.3) is 0 Å². The Balaban J connectivity index is 2.13. The molecule has 3 rings (SSSR count). The summed E-state index contributed by atoms with van der Waals surface area (Å²) in [7, 11) is -3.29. The van der Waals surface area contributed by atoms with Crippen molar-refractivity contribution in [2.75, 3.05) is 17.7 Å². The molecule has 4 N–H and O–H groups in total. The van der Waals surface area contributed by atoms with Gasteiger partial charge in [0, 0.05) is 17.4 Å². The maximum Gasteiger partial charge on any atom is 0.220 e. The van der Waals surface area contributed by atoms with Gasteiger partial charge in [-0.25, -0.2) is 23.4 Å². The molecule has 0 aliphatic heterocycles. The van der Waals surface area contributed by atoms with Crippen LogP contribution in [0.5, 0.6) is 0 Å². The van der Waals surface area contributed by atoms with Gasteiger partial charge in [0.05, 0.1) is 27.5 Å². The molecule has 2 heterocycles. The largest absolute Gasteiger partial charge is 0.384 e. The van der Waals surface area contributed by atoms with Crippen LogP contribution in [0.25, 0.3) is 11.3 Å². The summed E-state index contributed by atoms with van der Waals surface area (Å²) in [5.74, 6) is 6.84. The second kappa shape index (κ2) is 7.89. The van der Waals surface area contributed by atoms with Gasteiger partial charge in [-0.05, 0) is 37.6 Å². The highest BCUT2D eigenvalue weighted by atomic mass is 32.2. The Morgan fingerprint density at radius 2 is 1.66 bits per heavy atom. The fourth-order valence-electron chi connectivity index (χ4n) is 2.84. The molecule has 2 aromatic heterocycles. The molecule has 0 bridgehead atoms. The van der Waals surface area contributed by atoms with Crippen LogP contribution in [0.15, 0.2) is 41.3 Å². The summed E-state index contributed by atoms with van der Waals surface area (Å²) in [6, 6.07) is 9.99. The molecule has 148 valence electrons. The van der Waals surface area contributed by atoms with Crippen molar-refractivity contribution < 1.29 is 8.42 Å². The Bertz CT molecular complexity index is 1240. The summed E-state index contributed by atoms with van der Waals surface area (Å²) >= 11 is 0. The first kappa shape index (κ1) is 20.3. The maximum absolute atomic E-state index is 11.7. The molecule has 7 nitrogen and oxygen atoms in total. The zero-order valence-electron chi connectivity index (χ0n) is 16.4. The van der Waals surface area contributed by atoms with Gasteiger partial charge in [0.2, 0.25) is 5.95 Å². The number of rotatable bonds is 3. The van der Waals surface area contributed by atoms with E-state index in [-0.39, 0.29) is 10.8 Å². The Morgan fingerprint density at radius 3 is 2.28 bits per heavy atom. The molecule has 0 aliphatic carbocycles. The molecule has 0 amide bonds. The lowest BCUT2D eigenvalue weighted by Gasteiger charge is -2.09. The van der Waals surface area contributed by atoms with Crippen LogP contribution < -0.4 is 11.5 Å². The van der Waals surface area contributed by atoms with Gasteiger partial charge in [0.15, 0.2) is 9.84 Å². The van der Waals surface area contributed by atoms with Gasteiger partial charge in [-0.1, -0.05) is 30.9 Å². The van der Waals surface area contributed by atoms with Crippen molar-refractivity contribution in [2.24, 2.45) is 0 Å². The number of aromatic nitrogens is 3. The predicted octanol–water partition coefficient (Wildman–Crippen LogP) is 2.38. The van der Waals surface area contributed by atoms with Gasteiger partial charge in [0.1, 0.15) is 5.82 Å². The first-order valence-corrected chi connectivity index (χ1v) is 10.8.